The lowest BCUT2D eigenvalue weighted by Crippen LogP contribution is -2.39. The summed E-state index contributed by atoms with van der Waals surface area (Å²) in [7, 11) is 0. The van der Waals surface area contributed by atoms with Gasteiger partial charge in [-0.15, -0.1) is 11.3 Å². The third-order valence-corrected chi connectivity index (χ3v) is 5.24. The highest BCUT2D eigenvalue weighted by atomic mass is 32.1. The molecule has 0 atom stereocenters. The molecule has 1 aliphatic rings. The first-order valence-electron chi connectivity index (χ1n) is 8.82. The largest absolute Gasteiger partial charge is 0.367 e. The van der Waals surface area contributed by atoms with Crippen LogP contribution in [0.5, 0.6) is 0 Å². The van der Waals surface area contributed by atoms with Crippen molar-refractivity contribution < 1.29 is 0 Å². The highest BCUT2D eigenvalue weighted by molar-refractivity contribution is 7.13. The van der Waals surface area contributed by atoms with Crippen molar-refractivity contribution in [3.05, 3.63) is 29.2 Å². The van der Waals surface area contributed by atoms with E-state index in [1.54, 1.807) is 11.3 Å². The van der Waals surface area contributed by atoms with Gasteiger partial charge in [0.15, 0.2) is 5.13 Å². The quantitative estimate of drug-likeness (QED) is 0.877. The minimum Gasteiger partial charge on any atom is -0.367 e. The van der Waals surface area contributed by atoms with E-state index in [0.29, 0.717) is 17.9 Å². The lowest BCUT2D eigenvalue weighted by Gasteiger charge is -2.32. The summed E-state index contributed by atoms with van der Waals surface area (Å²) in [6.45, 7) is 10.8. The third kappa shape index (κ3) is 4.04. The summed E-state index contributed by atoms with van der Waals surface area (Å²) < 4.78 is 0. The third-order valence-electron chi connectivity index (χ3n) is 4.41. The average Bonchev–Trinajstić information content (AvgIpc) is 3.09. The number of hydrogen-bond acceptors (Lipinski definition) is 6. The second-order valence-corrected chi connectivity index (χ2v) is 7.94. The maximum absolute atomic E-state index is 4.73. The van der Waals surface area contributed by atoms with E-state index in [4.69, 9.17) is 9.97 Å². The monoisotopic (exact) mass is 345 g/mol. The molecule has 0 saturated carbocycles. The van der Waals surface area contributed by atoms with Crippen LogP contribution in [0, 0.1) is 0 Å². The van der Waals surface area contributed by atoms with Gasteiger partial charge in [-0.1, -0.05) is 27.7 Å². The molecule has 2 aromatic heterocycles. The van der Waals surface area contributed by atoms with Crippen LogP contribution in [-0.4, -0.2) is 34.1 Å². The lowest BCUT2D eigenvalue weighted by molar-refractivity contribution is 0.524. The first kappa shape index (κ1) is 17.1. The van der Waals surface area contributed by atoms with Gasteiger partial charge in [0.2, 0.25) is 0 Å². The van der Waals surface area contributed by atoms with Gasteiger partial charge in [0, 0.05) is 48.4 Å². The predicted molar refractivity (Wildman–Crippen MR) is 101 cm³/mol. The van der Waals surface area contributed by atoms with Crippen molar-refractivity contribution in [3.8, 4) is 0 Å². The Labute approximate surface area is 148 Å². The summed E-state index contributed by atoms with van der Waals surface area (Å²) in [6.07, 6.45) is 4.10. The first-order chi connectivity index (χ1) is 11.5. The predicted octanol–water partition coefficient (Wildman–Crippen LogP) is 4.26. The Morgan fingerprint density at radius 1 is 1.12 bits per heavy atom. The standard InChI is InChI=1S/C18H27N5S/c1-12(2)15-11-16(22-17(21-15)13(3)4)20-14-5-8-23(9-6-14)18-19-7-10-24-18/h7,10-14H,5-6,8-9H2,1-4H3,(H,20,21,22). The molecule has 5 nitrogen and oxygen atoms in total. The second kappa shape index (κ2) is 7.47. The van der Waals surface area contributed by atoms with Gasteiger partial charge in [0.05, 0.1) is 0 Å². The number of rotatable bonds is 5. The first-order valence-corrected chi connectivity index (χ1v) is 9.70. The number of aromatic nitrogens is 3. The van der Waals surface area contributed by atoms with Gasteiger partial charge in [-0.25, -0.2) is 15.0 Å². The zero-order valence-corrected chi connectivity index (χ0v) is 15.8. The highest BCUT2D eigenvalue weighted by Gasteiger charge is 2.21. The number of thiazole rings is 1. The molecular weight excluding hydrogens is 318 g/mol. The Hall–Kier alpha value is -1.69. The zero-order valence-electron chi connectivity index (χ0n) is 15.0. The van der Waals surface area contributed by atoms with E-state index in [0.717, 1.165) is 48.4 Å². The number of nitrogens with one attached hydrogen (secondary N) is 1. The van der Waals surface area contributed by atoms with Crippen LogP contribution in [0.4, 0.5) is 10.9 Å². The molecule has 0 aliphatic carbocycles. The molecule has 0 amide bonds. The van der Waals surface area contributed by atoms with E-state index >= 15 is 0 Å². The molecular formula is C18H27N5S. The Balaban J connectivity index is 1.66. The molecule has 3 heterocycles. The summed E-state index contributed by atoms with van der Waals surface area (Å²) in [5, 5.41) is 6.82. The topological polar surface area (TPSA) is 53.9 Å². The summed E-state index contributed by atoms with van der Waals surface area (Å²) in [5.74, 6) is 2.67. The molecule has 1 N–H and O–H groups in total. The molecule has 0 spiro atoms. The Morgan fingerprint density at radius 3 is 2.46 bits per heavy atom. The van der Waals surface area contributed by atoms with E-state index in [1.165, 1.54) is 0 Å². The molecule has 6 heteroatoms. The molecule has 1 fully saturated rings. The maximum Gasteiger partial charge on any atom is 0.185 e. The van der Waals surface area contributed by atoms with Crippen molar-refractivity contribution in [1.29, 1.82) is 0 Å². The van der Waals surface area contributed by atoms with E-state index in [-0.39, 0.29) is 0 Å². The minimum absolute atomic E-state index is 0.344. The van der Waals surface area contributed by atoms with Crippen molar-refractivity contribution in [2.45, 2.75) is 58.4 Å². The van der Waals surface area contributed by atoms with Crippen molar-refractivity contribution in [3.63, 3.8) is 0 Å². The molecule has 1 aliphatic heterocycles. The van der Waals surface area contributed by atoms with Gasteiger partial charge in [-0.3, -0.25) is 0 Å². The van der Waals surface area contributed by atoms with Gasteiger partial charge in [-0.2, -0.15) is 0 Å². The number of nitrogens with zero attached hydrogens (tertiary/aromatic N) is 4. The Bertz CT molecular complexity index is 619. The van der Waals surface area contributed by atoms with Crippen molar-refractivity contribution in [2.24, 2.45) is 0 Å². The van der Waals surface area contributed by atoms with Crippen LogP contribution in [0.3, 0.4) is 0 Å². The smallest absolute Gasteiger partial charge is 0.185 e. The summed E-state index contributed by atoms with van der Waals surface area (Å²) in [6, 6.07) is 2.58. The van der Waals surface area contributed by atoms with Gasteiger partial charge in [0.1, 0.15) is 11.6 Å². The molecule has 0 radical (unpaired) electrons. The van der Waals surface area contributed by atoms with Crippen LogP contribution in [0.1, 0.15) is 63.9 Å². The second-order valence-electron chi connectivity index (χ2n) is 7.07. The average molecular weight is 346 g/mol. The van der Waals surface area contributed by atoms with Crippen LogP contribution >= 0.6 is 11.3 Å². The summed E-state index contributed by atoms with van der Waals surface area (Å²) in [5.41, 5.74) is 1.12. The summed E-state index contributed by atoms with van der Waals surface area (Å²) >= 11 is 1.72. The van der Waals surface area contributed by atoms with E-state index < -0.39 is 0 Å². The fourth-order valence-electron chi connectivity index (χ4n) is 2.91. The number of piperidine rings is 1. The van der Waals surface area contributed by atoms with Gasteiger partial charge < -0.3 is 10.2 Å². The summed E-state index contributed by atoms with van der Waals surface area (Å²) in [4.78, 5) is 16.2. The molecule has 0 aromatic carbocycles. The fourth-order valence-corrected chi connectivity index (χ4v) is 3.61. The van der Waals surface area contributed by atoms with Gasteiger partial charge in [-0.05, 0) is 18.8 Å². The van der Waals surface area contributed by atoms with E-state index in [1.807, 2.05) is 11.6 Å². The van der Waals surface area contributed by atoms with Crippen LogP contribution in [0.15, 0.2) is 17.6 Å². The molecule has 0 bridgehead atoms. The molecule has 0 unspecified atom stereocenters. The molecule has 2 aromatic rings. The van der Waals surface area contributed by atoms with Gasteiger partial charge >= 0.3 is 0 Å². The van der Waals surface area contributed by atoms with Crippen molar-refractivity contribution in [1.82, 2.24) is 15.0 Å². The Kier molecular flexibility index (Phi) is 5.33. The van der Waals surface area contributed by atoms with Crippen LogP contribution in [0.2, 0.25) is 0 Å². The van der Waals surface area contributed by atoms with E-state index in [9.17, 15) is 0 Å². The molecule has 130 valence electrons. The number of hydrogen-bond donors (Lipinski definition) is 1. The Morgan fingerprint density at radius 2 is 1.88 bits per heavy atom. The van der Waals surface area contributed by atoms with Crippen LogP contribution in [-0.2, 0) is 0 Å². The molecule has 1 saturated heterocycles. The number of anilines is 2. The van der Waals surface area contributed by atoms with Crippen LogP contribution < -0.4 is 10.2 Å². The SMILES string of the molecule is CC(C)c1cc(NC2CCN(c3nccs3)CC2)nc(C(C)C)n1. The van der Waals surface area contributed by atoms with Crippen LogP contribution in [0.25, 0.3) is 0 Å². The lowest BCUT2D eigenvalue weighted by atomic mass is 10.0. The maximum atomic E-state index is 4.73. The van der Waals surface area contributed by atoms with Crippen molar-refractivity contribution in [2.75, 3.05) is 23.3 Å². The normalized spacial score (nSPS) is 16.2. The van der Waals surface area contributed by atoms with Gasteiger partial charge in [0.25, 0.3) is 0 Å². The molecule has 24 heavy (non-hydrogen) atoms. The van der Waals surface area contributed by atoms with E-state index in [2.05, 4.69) is 49.0 Å². The minimum atomic E-state index is 0.344. The molecule has 3 rings (SSSR count). The highest BCUT2D eigenvalue weighted by Crippen LogP contribution is 2.25. The zero-order chi connectivity index (χ0) is 17.1. The van der Waals surface area contributed by atoms with Crippen molar-refractivity contribution >= 4 is 22.3 Å². The fraction of sp³-hybridized carbons (Fsp3) is 0.611.